The van der Waals surface area contributed by atoms with Gasteiger partial charge in [-0.25, -0.2) is 0 Å². The van der Waals surface area contributed by atoms with Crippen molar-refractivity contribution in [3.8, 4) is 17.0 Å². The van der Waals surface area contributed by atoms with Crippen LogP contribution in [-0.4, -0.2) is 16.4 Å². The molecule has 2 N–H and O–H groups in total. The highest BCUT2D eigenvalue weighted by molar-refractivity contribution is 5.72. The second-order valence-electron chi connectivity index (χ2n) is 5.92. The molecule has 0 aliphatic carbocycles. The van der Waals surface area contributed by atoms with Crippen LogP contribution in [0.4, 0.5) is 5.69 Å². The predicted octanol–water partition coefficient (Wildman–Crippen LogP) is 3.68. The number of rotatable bonds is 4. The van der Waals surface area contributed by atoms with Crippen molar-refractivity contribution in [1.29, 1.82) is 0 Å². The van der Waals surface area contributed by atoms with E-state index in [-0.39, 0.29) is 5.54 Å². The van der Waals surface area contributed by atoms with Gasteiger partial charge in [-0.3, -0.25) is 4.68 Å². The molecule has 0 saturated heterocycles. The van der Waals surface area contributed by atoms with Gasteiger partial charge < -0.3 is 10.5 Å². The topological polar surface area (TPSA) is 53.1 Å². The molecular weight excluding hydrogens is 250 g/mol. The van der Waals surface area contributed by atoms with Crippen LogP contribution in [0.2, 0.25) is 0 Å². The molecule has 4 heteroatoms. The molecule has 4 nitrogen and oxygen atoms in total. The molecule has 0 bridgehead atoms. The molecule has 0 amide bonds. The van der Waals surface area contributed by atoms with E-state index in [1.807, 2.05) is 35.1 Å². The van der Waals surface area contributed by atoms with Crippen LogP contribution in [0.5, 0.6) is 5.75 Å². The molecule has 1 heterocycles. The molecule has 2 rings (SSSR count). The third-order valence-electron chi connectivity index (χ3n) is 3.03. The smallest absolute Gasteiger partial charge is 0.119 e. The van der Waals surface area contributed by atoms with Gasteiger partial charge in [0.25, 0.3) is 0 Å². The average molecular weight is 273 g/mol. The summed E-state index contributed by atoms with van der Waals surface area (Å²) in [5.41, 5.74) is 8.53. The normalized spacial score (nSPS) is 11.6. The van der Waals surface area contributed by atoms with Crippen LogP contribution >= 0.6 is 0 Å². The first-order valence-electron chi connectivity index (χ1n) is 7.00. The van der Waals surface area contributed by atoms with Gasteiger partial charge in [0.2, 0.25) is 0 Å². The van der Waals surface area contributed by atoms with E-state index in [9.17, 15) is 0 Å². The summed E-state index contributed by atoms with van der Waals surface area (Å²) in [6.07, 6.45) is 2.89. The van der Waals surface area contributed by atoms with Gasteiger partial charge in [0.05, 0.1) is 17.8 Å². The van der Waals surface area contributed by atoms with Crippen LogP contribution < -0.4 is 10.5 Å². The molecule has 1 aromatic heterocycles. The largest absolute Gasteiger partial charge is 0.494 e. The number of hydrogen-bond donors (Lipinski definition) is 1. The summed E-state index contributed by atoms with van der Waals surface area (Å²) in [5, 5.41) is 4.59. The van der Waals surface area contributed by atoms with Crippen molar-refractivity contribution in [2.75, 3.05) is 12.3 Å². The lowest BCUT2D eigenvalue weighted by atomic mass is 10.1. The zero-order valence-corrected chi connectivity index (χ0v) is 12.7. The van der Waals surface area contributed by atoms with E-state index in [1.54, 1.807) is 0 Å². The van der Waals surface area contributed by atoms with Crippen LogP contribution in [0.25, 0.3) is 11.3 Å². The number of aromatic nitrogens is 2. The second-order valence-corrected chi connectivity index (χ2v) is 5.92. The van der Waals surface area contributed by atoms with E-state index in [0.717, 1.165) is 30.0 Å². The summed E-state index contributed by atoms with van der Waals surface area (Å²) in [6, 6.07) is 7.91. The van der Waals surface area contributed by atoms with Gasteiger partial charge in [0.1, 0.15) is 11.4 Å². The van der Waals surface area contributed by atoms with E-state index in [0.29, 0.717) is 5.69 Å². The molecule has 108 valence electrons. The fourth-order valence-electron chi connectivity index (χ4n) is 1.88. The van der Waals surface area contributed by atoms with Crippen LogP contribution in [0.15, 0.2) is 30.5 Å². The zero-order chi connectivity index (χ0) is 14.8. The number of nitrogen functional groups attached to an aromatic ring is 1. The van der Waals surface area contributed by atoms with Crippen LogP contribution in [0, 0.1) is 0 Å². The van der Waals surface area contributed by atoms with E-state index < -0.39 is 0 Å². The summed E-state index contributed by atoms with van der Waals surface area (Å²) in [4.78, 5) is 0. The Hall–Kier alpha value is -1.97. The van der Waals surface area contributed by atoms with Crippen LogP contribution in [-0.2, 0) is 5.54 Å². The Morgan fingerprint density at radius 3 is 2.35 bits per heavy atom. The maximum atomic E-state index is 6.07. The van der Waals surface area contributed by atoms with Crippen molar-refractivity contribution < 1.29 is 4.74 Å². The highest BCUT2D eigenvalue weighted by Crippen LogP contribution is 2.28. The minimum atomic E-state index is -0.0729. The highest BCUT2D eigenvalue weighted by Gasteiger charge is 2.17. The van der Waals surface area contributed by atoms with Crippen molar-refractivity contribution in [3.63, 3.8) is 0 Å². The lowest BCUT2D eigenvalue weighted by Gasteiger charge is -2.18. The number of nitrogens with two attached hydrogens (primary N) is 1. The van der Waals surface area contributed by atoms with E-state index >= 15 is 0 Å². The number of ether oxygens (including phenoxy) is 1. The first-order chi connectivity index (χ1) is 9.41. The number of hydrogen-bond acceptors (Lipinski definition) is 3. The Balaban J connectivity index is 2.25. The first-order valence-corrected chi connectivity index (χ1v) is 7.00. The number of nitrogens with zero attached hydrogens (tertiary/aromatic N) is 2. The molecule has 0 aliphatic rings. The van der Waals surface area contributed by atoms with Gasteiger partial charge in [-0.05, 0) is 51.5 Å². The fourth-order valence-corrected chi connectivity index (χ4v) is 1.88. The molecule has 0 radical (unpaired) electrons. The SMILES string of the molecule is CCCOc1ccc(-c2nn(C(C)(C)C)cc2N)cc1. The van der Waals surface area contributed by atoms with Gasteiger partial charge in [0.15, 0.2) is 0 Å². The molecule has 0 aliphatic heterocycles. The minimum Gasteiger partial charge on any atom is -0.494 e. The molecule has 20 heavy (non-hydrogen) atoms. The maximum Gasteiger partial charge on any atom is 0.119 e. The van der Waals surface area contributed by atoms with Gasteiger partial charge in [-0.15, -0.1) is 0 Å². The third kappa shape index (κ3) is 3.13. The monoisotopic (exact) mass is 273 g/mol. The third-order valence-corrected chi connectivity index (χ3v) is 3.03. The molecular formula is C16H23N3O. The summed E-state index contributed by atoms with van der Waals surface area (Å²) in [7, 11) is 0. The van der Waals surface area contributed by atoms with E-state index in [1.165, 1.54) is 0 Å². The highest BCUT2D eigenvalue weighted by atomic mass is 16.5. The molecule has 0 fully saturated rings. The summed E-state index contributed by atoms with van der Waals surface area (Å²) in [6.45, 7) is 9.13. The standard InChI is InChI=1S/C16H23N3O/c1-5-10-20-13-8-6-12(7-9-13)15-14(17)11-19(18-15)16(2,3)4/h6-9,11H,5,10,17H2,1-4H3. The Labute approximate surface area is 120 Å². The molecule has 0 unspecified atom stereocenters. The Morgan fingerprint density at radius 2 is 1.85 bits per heavy atom. The summed E-state index contributed by atoms with van der Waals surface area (Å²) >= 11 is 0. The maximum absolute atomic E-state index is 6.07. The quantitative estimate of drug-likeness (QED) is 0.924. The lowest BCUT2D eigenvalue weighted by molar-refractivity contribution is 0.317. The van der Waals surface area contributed by atoms with Crippen molar-refractivity contribution in [1.82, 2.24) is 9.78 Å². The Bertz CT molecular complexity index is 564. The minimum absolute atomic E-state index is 0.0729. The average Bonchev–Trinajstić information content (AvgIpc) is 2.79. The van der Waals surface area contributed by atoms with Gasteiger partial charge in [0, 0.05) is 11.8 Å². The first kappa shape index (κ1) is 14.4. The molecule has 0 saturated carbocycles. The molecule has 1 aromatic carbocycles. The summed E-state index contributed by atoms with van der Waals surface area (Å²) in [5.74, 6) is 0.879. The van der Waals surface area contributed by atoms with Gasteiger partial charge >= 0.3 is 0 Å². The van der Waals surface area contributed by atoms with Crippen LogP contribution in [0.1, 0.15) is 34.1 Å². The van der Waals surface area contributed by atoms with Gasteiger partial charge in [-0.1, -0.05) is 6.92 Å². The Morgan fingerprint density at radius 1 is 1.20 bits per heavy atom. The molecule has 0 spiro atoms. The lowest BCUT2D eigenvalue weighted by Crippen LogP contribution is -2.22. The van der Waals surface area contributed by atoms with Crippen molar-refractivity contribution in [3.05, 3.63) is 30.5 Å². The fraction of sp³-hybridized carbons (Fsp3) is 0.438. The van der Waals surface area contributed by atoms with Crippen molar-refractivity contribution in [2.45, 2.75) is 39.7 Å². The van der Waals surface area contributed by atoms with Crippen LogP contribution in [0.3, 0.4) is 0 Å². The van der Waals surface area contributed by atoms with Crippen molar-refractivity contribution >= 4 is 5.69 Å². The number of benzene rings is 1. The molecule has 2 aromatic rings. The van der Waals surface area contributed by atoms with Gasteiger partial charge in [-0.2, -0.15) is 5.10 Å². The van der Waals surface area contributed by atoms with E-state index in [2.05, 4.69) is 32.8 Å². The summed E-state index contributed by atoms with van der Waals surface area (Å²) < 4.78 is 7.48. The Kier molecular flexibility index (Phi) is 4.02. The second kappa shape index (κ2) is 5.57. The van der Waals surface area contributed by atoms with E-state index in [4.69, 9.17) is 10.5 Å². The molecule has 0 atom stereocenters. The number of anilines is 1. The predicted molar refractivity (Wildman–Crippen MR) is 82.9 cm³/mol. The zero-order valence-electron chi connectivity index (χ0n) is 12.7. The van der Waals surface area contributed by atoms with Crippen molar-refractivity contribution in [2.24, 2.45) is 0 Å².